The molecule has 0 fully saturated rings. The van der Waals surface area contributed by atoms with Crippen LogP contribution in [0.25, 0.3) is 10.2 Å². The van der Waals surface area contributed by atoms with Crippen molar-refractivity contribution in [3.8, 4) is 11.5 Å². The number of carboxylic acids is 1. The molecule has 2 N–H and O–H groups in total. The third-order valence-electron chi connectivity index (χ3n) is 6.75. The molecule has 2 aromatic heterocycles. The van der Waals surface area contributed by atoms with E-state index in [-0.39, 0.29) is 12.7 Å². The number of aryl methyl sites for hydroxylation is 2. The van der Waals surface area contributed by atoms with E-state index in [9.17, 15) is 9.90 Å². The molecule has 1 aliphatic heterocycles. The minimum Gasteiger partial charge on any atom is -0.481 e. The van der Waals surface area contributed by atoms with Crippen molar-refractivity contribution in [2.75, 3.05) is 12.1 Å². The zero-order valence-electron chi connectivity index (χ0n) is 18.5. The van der Waals surface area contributed by atoms with Gasteiger partial charge in [0.1, 0.15) is 16.5 Å². The van der Waals surface area contributed by atoms with Gasteiger partial charge < -0.3 is 19.9 Å². The number of hydrogen-bond acceptors (Lipinski definition) is 7. The van der Waals surface area contributed by atoms with E-state index in [4.69, 9.17) is 19.4 Å². The first kappa shape index (κ1) is 21.0. The Morgan fingerprint density at radius 2 is 2.00 bits per heavy atom. The van der Waals surface area contributed by atoms with Crippen molar-refractivity contribution in [1.82, 2.24) is 9.97 Å². The third kappa shape index (κ3) is 3.56. The van der Waals surface area contributed by atoms with E-state index < -0.39 is 11.4 Å². The topological polar surface area (TPSA) is 93.6 Å². The smallest absolute Gasteiger partial charge is 0.309 e. The van der Waals surface area contributed by atoms with Gasteiger partial charge in [0.05, 0.1) is 10.8 Å². The van der Waals surface area contributed by atoms with Gasteiger partial charge in [-0.05, 0) is 62.8 Å². The molecule has 0 saturated heterocycles. The number of carbonyl (C=O) groups is 1. The fourth-order valence-corrected chi connectivity index (χ4v) is 5.51. The molecule has 5 rings (SSSR count). The number of carboxylic acid groups (broad SMARTS) is 1. The van der Waals surface area contributed by atoms with Crippen LogP contribution in [0.5, 0.6) is 11.5 Å². The SMILES string of the molecule is CC(c1nc(NCc2ccc3c(c2)OCO3)c2c3c(sc2n1)CCCC3)C(C)(C)C(=O)O. The number of rotatable bonds is 6. The van der Waals surface area contributed by atoms with Gasteiger partial charge in [0, 0.05) is 17.3 Å². The molecular weight excluding hydrogens is 426 g/mol. The Hall–Kier alpha value is -2.87. The summed E-state index contributed by atoms with van der Waals surface area (Å²) in [6.07, 6.45) is 4.48. The highest BCUT2D eigenvalue weighted by Gasteiger charge is 2.37. The number of hydrogen-bond donors (Lipinski definition) is 2. The molecule has 0 amide bonds. The van der Waals surface area contributed by atoms with E-state index in [1.54, 1.807) is 25.2 Å². The maximum Gasteiger partial charge on any atom is 0.309 e. The van der Waals surface area contributed by atoms with E-state index in [1.807, 2.05) is 25.1 Å². The van der Waals surface area contributed by atoms with E-state index in [0.29, 0.717) is 12.4 Å². The van der Waals surface area contributed by atoms with Crippen molar-refractivity contribution < 1.29 is 19.4 Å². The Labute approximate surface area is 190 Å². The molecule has 168 valence electrons. The largest absolute Gasteiger partial charge is 0.481 e. The fraction of sp³-hybridized carbons (Fsp3) is 0.458. The highest BCUT2D eigenvalue weighted by molar-refractivity contribution is 7.19. The van der Waals surface area contributed by atoms with Gasteiger partial charge in [-0.1, -0.05) is 13.0 Å². The molecule has 1 aromatic carbocycles. The summed E-state index contributed by atoms with van der Waals surface area (Å²) in [4.78, 5) is 23.9. The lowest BCUT2D eigenvalue weighted by molar-refractivity contribution is -0.148. The second kappa shape index (κ2) is 7.92. The van der Waals surface area contributed by atoms with Crippen LogP contribution in [-0.2, 0) is 24.2 Å². The molecule has 1 aliphatic carbocycles. The number of fused-ring (bicyclic) bond motifs is 4. The zero-order valence-corrected chi connectivity index (χ0v) is 19.3. The van der Waals surface area contributed by atoms with Crippen LogP contribution >= 0.6 is 11.3 Å². The van der Waals surface area contributed by atoms with Gasteiger partial charge in [0.25, 0.3) is 0 Å². The zero-order chi connectivity index (χ0) is 22.5. The van der Waals surface area contributed by atoms with Gasteiger partial charge in [0.15, 0.2) is 11.5 Å². The second-order valence-corrected chi connectivity index (χ2v) is 10.2. The molecule has 7 nitrogen and oxygen atoms in total. The minimum absolute atomic E-state index is 0.250. The van der Waals surface area contributed by atoms with Gasteiger partial charge in [-0.3, -0.25) is 4.79 Å². The maximum absolute atomic E-state index is 11.9. The van der Waals surface area contributed by atoms with Crippen molar-refractivity contribution >= 4 is 33.3 Å². The number of nitrogens with one attached hydrogen (secondary N) is 1. The summed E-state index contributed by atoms with van der Waals surface area (Å²) < 4.78 is 10.9. The Morgan fingerprint density at radius 1 is 1.22 bits per heavy atom. The quantitative estimate of drug-likeness (QED) is 0.535. The van der Waals surface area contributed by atoms with Gasteiger partial charge in [-0.25, -0.2) is 9.97 Å². The van der Waals surface area contributed by atoms with Crippen LogP contribution in [0.2, 0.25) is 0 Å². The lowest BCUT2D eigenvalue weighted by atomic mass is 9.79. The van der Waals surface area contributed by atoms with Crippen LogP contribution in [0, 0.1) is 5.41 Å². The standard InChI is InChI=1S/C24H27N3O4S/c1-13(24(2,3)23(28)29)20-26-21(19-15-6-4-5-7-18(15)32-22(19)27-20)25-11-14-8-9-16-17(10-14)31-12-30-16/h8-10,13H,4-7,11-12H2,1-3H3,(H,28,29)(H,25,26,27). The van der Waals surface area contributed by atoms with Crippen molar-refractivity contribution in [2.24, 2.45) is 5.41 Å². The highest BCUT2D eigenvalue weighted by atomic mass is 32.1. The molecule has 0 saturated carbocycles. The maximum atomic E-state index is 11.9. The predicted octanol–water partition coefficient (Wildman–Crippen LogP) is 5.13. The molecule has 8 heteroatoms. The number of anilines is 1. The predicted molar refractivity (Wildman–Crippen MR) is 124 cm³/mol. The van der Waals surface area contributed by atoms with E-state index in [0.717, 1.165) is 45.9 Å². The van der Waals surface area contributed by atoms with E-state index in [1.165, 1.54) is 23.3 Å². The number of thiophene rings is 1. The first-order valence-electron chi connectivity index (χ1n) is 11.0. The Morgan fingerprint density at radius 3 is 2.81 bits per heavy atom. The lowest BCUT2D eigenvalue weighted by Gasteiger charge is -2.26. The van der Waals surface area contributed by atoms with Gasteiger partial charge in [0.2, 0.25) is 6.79 Å². The number of aromatic nitrogens is 2. The van der Waals surface area contributed by atoms with Crippen molar-refractivity contribution in [3.05, 3.63) is 40.0 Å². The molecule has 0 radical (unpaired) electrons. The van der Waals surface area contributed by atoms with Crippen LogP contribution < -0.4 is 14.8 Å². The normalized spacial score (nSPS) is 16.1. The highest BCUT2D eigenvalue weighted by Crippen LogP contribution is 2.41. The molecule has 3 heterocycles. The van der Waals surface area contributed by atoms with Crippen molar-refractivity contribution in [1.29, 1.82) is 0 Å². The summed E-state index contributed by atoms with van der Waals surface area (Å²) in [6, 6.07) is 5.91. The van der Waals surface area contributed by atoms with E-state index in [2.05, 4.69) is 5.32 Å². The van der Waals surface area contributed by atoms with Crippen LogP contribution in [0.1, 0.15) is 61.4 Å². The Balaban J connectivity index is 1.54. The van der Waals surface area contributed by atoms with Gasteiger partial charge in [-0.15, -0.1) is 11.3 Å². The van der Waals surface area contributed by atoms with Gasteiger partial charge in [-0.2, -0.15) is 0 Å². The number of ether oxygens (including phenoxy) is 2. The summed E-state index contributed by atoms with van der Waals surface area (Å²) in [5.41, 5.74) is 1.44. The molecule has 3 aromatic rings. The number of benzene rings is 1. The molecule has 1 atom stereocenters. The molecule has 0 bridgehead atoms. The molecule has 0 spiro atoms. The minimum atomic E-state index is -0.973. The van der Waals surface area contributed by atoms with E-state index >= 15 is 0 Å². The second-order valence-electron chi connectivity index (χ2n) is 9.11. The molecular formula is C24H27N3O4S. The Bertz CT molecular complexity index is 1200. The monoisotopic (exact) mass is 453 g/mol. The van der Waals surface area contributed by atoms with Crippen molar-refractivity contribution in [2.45, 2.75) is 58.9 Å². The fourth-order valence-electron chi connectivity index (χ4n) is 4.24. The van der Waals surface area contributed by atoms with Crippen molar-refractivity contribution in [3.63, 3.8) is 0 Å². The average molecular weight is 454 g/mol. The van der Waals surface area contributed by atoms with Crippen LogP contribution in [-0.4, -0.2) is 27.8 Å². The summed E-state index contributed by atoms with van der Waals surface area (Å²) >= 11 is 1.73. The average Bonchev–Trinajstić information content (AvgIpc) is 3.40. The first-order valence-corrected chi connectivity index (χ1v) is 11.8. The molecule has 2 aliphatic rings. The number of nitrogens with zero attached hydrogens (tertiary/aromatic N) is 2. The van der Waals surface area contributed by atoms with Crippen LogP contribution in [0.15, 0.2) is 18.2 Å². The molecule has 1 unspecified atom stereocenters. The van der Waals surface area contributed by atoms with Crippen LogP contribution in [0.4, 0.5) is 5.82 Å². The Kier molecular flexibility index (Phi) is 5.20. The van der Waals surface area contributed by atoms with Gasteiger partial charge >= 0.3 is 5.97 Å². The summed E-state index contributed by atoms with van der Waals surface area (Å²) in [5.74, 6) is 1.68. The number of aliphatic carboxylic acids is 1. The molecule has 32 heavy (non-hydrogen) atoms. The summed E-state index contributed by atoms with van der Waals surface area (Å²) in [6.45, 7) is 6.17. The summed E-state index contributed by atoms with van der Waals surface area (Å²) in [5, 5.41) is 14.3. The first-order chi connectivity index (χ1) is 15.3. The van der Waals surface area contributed by atoms with Crippen LogP contribution in [0.3, 0.4) is 0 Å². The third-order valence-corrected chi connectivity index (χ3v) is 7.94. The summed E-state index contributed by atoms with van der Waals surface area (Å²) in [7, 11) is 0. The lowest BCUT2D eigenvalue weighted by Crippen LogP contribution is -2.31.